The van der Waals surface area contributed by atoms with Crippen LogP contribution in [0.15, 0.2) is 72.9 Å². The van der Waals surface area contributed by atoms with Crippen molar-refractivity contribution in [3.05, 3.63) is 78.5 Å². The molecule has 0 spiro atoms. The van der Waals surface area contributed by atoms with E-state index in [9.17, 15) is 4.79 Å². The van der Waals surface area contributed by atoms with E-state index in [2.05, 4.69) is 44.4 Å². The first-order chi connectivity index (χ1) is 16.2. The van der Waals surface area contributed by atoms with Gasteiger partial charge in [-0.05, 0) is 55.2 Å². The minimum absolute atomic E-state index is 0.301. The topological polar surface area (TPSA) is 91.8 Å². The molecule has 0 saturated heterocycles. The highest BCUT2D eigenvalue weighted by molar-refractivity contribution is 5.67. The Labute approximate surface area is 192 Å². The standard InChI is InChI=1S/C27H26N4O2/c32-25(33)16-18-6-8-19(9-7-18)20-10-12-21(13-11-20)24-15-14-23(17-28-24)27-29-26(30-31-27)22-4-2-1-3-5-22/h1-5,10-15,17-19H,6-9,16H2,(H,32,33)(H,29,30,31)/t18-,19-. The molecule has 1 fully saturated rings. The molecule has 4 aromatic rings. The molecule has 2 aromatic carbocycles. The Kier molecular flexibility index (Phi) is 5.98. The van der Waals surface area contributed by atoms with Gasteiger partial charge in [0.15, 0.2) is 11.6 Å². The Morgan fingerprint density at radius 2 is 1.48 bits per heavy atom. The number of rotatable bonds is 6. The Balaban J connectivity index is 1.25. The summed E-state index contributed by atoms with van der Waals surface area (Å²) in [7, 11) is 0. The molecule has 6 heteroatoms. The zero-order chi connectivity index (χ0) is 22.6. The van der Waals surface area contributed by atoms with Gasteiger partial charge in [0.05, 0.1) is 5.69 Å². The van der Waals surface area contributed by atoms with Crippen molar-refractivity contribution in [2.75, 3.05) is 0 Å². The van der Waals surface area contributed by atoms with E-state index in [1.54, 1.807) is 0 Å². The summed E-state index contributed by atoms with van der Waals surface area (Å²) in [5, 5.41) is 17.5. The summed E-state index contributed by atoms with van der Waals surface area (Å²) in [6.45, 7) is 0. The molecule has 0 bridgehead atoms. The van der Waals surface area contributed by atoms with Gasteiger partial charge in [-0.15, -0.1) is 10.2 Å². The molecule has 33 heavy (non-hydrogen) atoms. The van der Waals surface area contributed by atoms with Crippen LogP contribution < -0.4 is 0 Å². The molecule has 2 N–H and O–H groups in total. The highest BCUT2D eigenvalue weighted by Gasteiger charge is 2.24. The maximum absolute atomic E-state index is 10.9. The number of H-pyrrole nitrogens is 1. The molecule has 0 amide bonds. The molecule has 166 valence electrons. The number of hydrogen-bond acceptors (Lipinski definition) is 4. The summed E-state index contributed by atoms with van der Waals surface area (Å²) in [6, 6.07) is 22.6. The van der Waals surface area contributed by atoms with Gasteiger partial charge in [-0.3, -0.25) is 9.78 Å². The van der Waals surface area contributed by atoms with Gasteiger partial charge < -0.3 is 10.1 Å². The van der Waals surface area contributed by atoms with E-state index in [-0.39, 0.29) is 0 Å². The van der Waals surface area contributed by atoms with Crippen LogP contribution in [0.1, 0.15) is 43.6 Å². The van der Waals surface area contributed by atoms with E-state index in [4.69, 9.17) is 5.11 Å². The van der Waals surface area contributed by atoms with E-state index in [1.165, 1.54) is 5.56 Å². The Bertz CT molecular complexity index is 1210. The average Bonchev–Trinajstić information content (AvgIpc) is 3.36. The molecule has 0 unspecified atom stereocenters. The molecule has 1 aliphatic carbocycles. The van der Waals surface area contributed by atoms with Crippen LogP contribution in [0.4, 0.5) is 0 Å². The maximum Gasteiger partial charge on any atom is 0.303 e. The molecule has 5 rings (SSSR count). The molecule has 2 heterocycles. The first-order valence-corrected chi connectivity index (χ1v) is 11.4. The quantitative estimate of drug-likeness (QED) is 0.388. The second-order valence-electron chi connectivity index (χ2n) is 8.76. The Morgan fingerprint density at radius 3 is 2.12 bits per heavy atom. The average molecular weight is 439 g/mol. The summed E-state index contributed by atoms with van der Waals surface area (Å²) in [4.78, 5) is 18.8. The van der Waals surface area contributed by atoms with Gasteiger partial charge in [-0.2, -0.15) is 0 Å². The van der Waals surface area contributed by atoms with Crippen LogP contribution in [0.5, 0.6) is 0 Å². The van der Waals surface area contributed by atoms with Crippen LogP contribution >= 0.6 is 0 Å². The predicted molar refractivity (Wildman–Crippen MR) is 127 cm³/mol. The second kappa shape index (κ2) is 9.36. The van der Waals surface area contributed by atoms with Crippen molar-refractivity contribution in [3.8, 4) is 34.0 Å². The van der Waals surface area contributed by atoms with E-state index in [0.717, 1.165) is 53.9 Å². The molecule has 1 aliphatic rings. The number of carboxylic acid groups (broad SMARTS) is 1. The minimum atomic E-state index is -0.679. The Hall–Kier alpha value is -3.80. The number of benzene rings is 2. The second-order valence-corrected chi connectivity index (χ2v) is 8.76. The van der Waals surface area contributed by atoms with Crippen molar-refractivity contribution < 1.29 is 9.90 Å². The lowest BCUT2D eigenvalue weighted by Crippen LogP contribution is -2.16. The lowest BCUT2D eigenvalue weighted by Gasteiger charge is -2.28. The molecule has 0 atom stereocenters. The van der Waals surface area contributed by atoms with Crippen molar-refractivity contribution in [1.29, 1.82) is 0 Å². The Morgan fingerprint density at radius 1 is 0.818 bits per heavy atom. The number of carboxylic acids is 1. The summed E-state index contributed by atoms with van der Waals surface area (Å²) in [5.74, 6) is 1.60. The van der Waals surface area contributed by atoms with E-state index in [1.807, 2.05) is 48.7 Å². The predicted octanol–water partition coefficient (Wildman–Crippen LogP) is 5.95. The number of nitrogens with one attached hydrogen (secondary N) is 1. The zero-order valence-electron chi connectivity index (χ0n) is 18.3. The van der Waals surface area contributed by atoms with E-state index >= 15 is 0 Å². The van der Waals surface area contributed by atoms with Crippen LogP contribution in [-0.2, 0) is 4.79 Å². The number of aromatic nitrogens is 4. The molecular formula is C27H26N4O2. The SMILES string of the molecule is O=C(O)C[C@H]1CC[C@H](c2ccc(-c3ccc(-c4nnc(-c5ccccc5)[nH]4)cn3)cc2)CC1. The first kappa shape index (κ1) is 21.1. The van der Waals surface area contributed by atoms with Gasteiger partial charge in [0.25, 0.3) is 0 Å². The van der Waals surface area contributed by atoms with Gasteiger partial charge in [-0.1, -0.05) is 54.6 Å². The summed E-state index contributed by atoms with van der Waals surface area (Å²) < 4.78 is 0. The van der Waals surface area contributed by atoms with Crippen LogP contribution in [0.25, 0.3) is 34.0 Å². The number of carbonyl (C=O) groups is 1. The molecule has 2 aromatic heterocycles. The minimum Gasteiger partial charge on any atom is -0.481 e. The third kappa shape index (κ3) is 4.85. The number of nitrogens with zero attached hydrogens (tertiary/aromatic N) is 3. The summed E-state index contributed by atoms with van der Waals surface area (Å²) >= 11 is 0. The fourth-order valence-corrected chi connectivity index (χ4v) is 4.70. The van der Waals surface area contributed by atoms with Crippen LogP contribution in [0, 0.1) is 5.92 Å². The van der Waals surface area contributed by atoms with Gasteiger partial charge in [0.1, 0.15) is 0 Å². The normalized spacial score (nSPS) is 18.2. The van der Waals surface area contributed by atoms with Crippen LogP contribution in [0.3, 0.4) is 0 Å². The molecular weight excluding hydrogens is 412 g/mol. The van der Waals surface area contributed by atoms with Crippen molar-refractivity contribution in [2.24, 2.45) is 5.92 Å². The largest absolute Gasteiger partial charge is 0.481 e. The van der Waals surface area contributed by atoms with Crippen molar-refractivity contribution in [1.82, 2.24) is 20.2 Å². The van der Waals surface area contributed by atoms with Crippen LogP contribution in [-0.4, -0.2) is 31.2 Å². The van der Waals surface area contributed by atoms with Crippen LogP contribution in [0.2, 0.25) is 0 Å². The first-order valence-electron chi connectivity index (χ1n) is 11.4. The van der Waals surface area contributed by atoms with Crippen molar-refractivity contribution in [2.45, 2.75) is 38.0 Å². The highest BCUT2D eigenvalue weighted by Crippen LogP contribution is 2.37. The number of aromatic amines is 1. The van der Waals surface area contributed by atoms with Crippen molar-refractivity contribution >= 4 is 5.97 Å². The molecule has 0 aliphatic heterocycles. The fourth-order valence-electron chi connectivity index (χ4n) is 4.70. The lowest BCUT2D eigenvalue weighted by molar-refractivity contribution is -0.138. The highest BCUT2D eigenvalue weighted by atomic mass is 16.4. The smallest absolute Gasteiger partial charge is 0.303 e. The van der Waals surface area contributed by atoms with Gasteiger partial charge in [0, 0.05) is 29.3 Å². The number of hydrogen-bond donors (Lipinski definition) is 2. The lowest BCUT2D eigenvalue weighted by atomic mass is 9.77. The third-order valence-electron chi connectivity index (χ3n) is 6.56. The molecule has 1 saturated carbocycles. The molecule has 6 nitrogen and oxygen atoms in total. The fraction of sp³-hybridized carbons (Fsp3) is 0.259. The number of aliphatic carboxylic acids is 1. The van der Waals surface area contributed by atoms with Crippen molar-refractivity contribution in [3.63, 3.8) is 0 Å². The third-order valence-corrected chi connectivity index (χ3v) is 6.56. The maximum atomic E-state index is 10.9. The summed E-state index contributed by atoms with van der Waals surface area (Å²) in [6.07, 6.45) is 6.24. The van der Waals surface area contributed by atoms with E-state index in [0.29, 0.717) is 24.1 Å². The van der Waals surface area contributed by atoms with Gasteiger partial charge in [-0.25, -0.2) is 0 Å². The van der Waals surface area contributed by atoms with Gasteiger partial charge in [0.2, 0.25) is 0 Å². The number of pyridine rings is 1. The van der Waals surface area contributed by atoms with E-state index < -0.39 is 5.97 Å². The summed E-state index contributed by atoms with van der Waals surface area (Å²) in [5.41, 5.74) is 5.21. The monoisotopic (exact) mass is 438 g/mol. The zero-order valence-corrected chi connectivity index (χ0v) is 18.3. The molecule has 0 radical (unpaired) electrons. The van der Waals surface area contributed by atoms with Gasteiger partial charge >= 0.3 is 5.97 Å².